The molecule has 1 aliphatic heterocycles. The van der Waals surface area contributed by atoms with Gasteiger partial charge in [0.1, 0.15) is 11.9 Å². The van der Waals surface area contributed by atoms with Gasteiger partial charge in [-0.2, -0.15) is 0 Å². The van der Waals surface area contributed by atoms with Crippen molar-refractivity contribution in [2.75, 3.05) is 5.32 Å². The van der Waals surface area contributed by atoms with Crippen LogP contribution in [0.1, 0.15) is 12.8 Å². The molecule has 0 aromatic heterocycles. The lowest BCUT2D eigenvalue weighted by molar-refractivity contribution is -0.122. The van der Waals surface area contributed by atoms with Gasteiger partial charge in [0.15, 0.2) is 0 Å². The molecule has 1 aliphatic rings. The van der Waals surface area contributed by atoms with E-state index in [1.807, 2.05) is 0 Å². The Kier molecular flexibility index (Phi) is 3.73. The standard InChI is InChI=1S/C11H12FN3O4S/c12-6-3-7(5-8(4-6)20(13,18)19)14-11(17)9-1-2-10(16)15-9/h3-5,9H,1-2H2,(H,14,17)(H,15,16)(H2,13,18,19). The molecule has 1 heterocycles. The topological polar surface area (TPSA) is 118 Å². The van der Waals surface area contributed by atoms with Crippen molar-refractivity contribution >= 4 is 27.5 Å². The van der Waals surface area contributed by atoms with Gasteiger partial charge in [0.05, 0.1) is 4.90 Å². The number of sulfonamides is 1. The third-order valence-electron chi connectivity index (χ3n) is 2.78. The predicted molar refractivity (Wildman–Crippen MR) is 67.6 cm³/mol. The Morgan fingerprint density at radius 3 is 2.65 bits per heavy atom. The summed E-state index contributed by atoms with van der Waals surface area (Å²) in [5.41, 5.74) is -0.0415. The summed E-state index contributed by atoms with van der Waals surface area (Å²) < 4.78 is 35.6. The summed E-state index contributed by atoms with van der Waals surface area (Å²) in [6.07, 6.45) is 0.575. The van der Waals surface area contributed by atoms with Gasteiger partial charge in [-0.15, -0.1) is 0 Å². The molecule has 1 aromatic rings. The maximum atomic E-state index is 13.3. The number of anilines is 1. The number of halogens is 1. The minimum Gasteiger partial charge on any atom is -0.344 e. The first-order chi connectivity index (χ1) is 9.25. The van der Waals surface area contributed by atoms with Gasteiger partial charge < -0.3 is 10.6 Å². The van der Waals surface area contributed by atoms with Crippen molar-refractivity contribution in [1.29, 1.82) is 0 Å². The lowest BCUT2D eigenvalue weighted by Crippen LogP contribution is -2.37. The first-order valence-electron chi connectivity index (χ1n) is 5.69. The van der Waals surface area contributed by atoms with E-state index in [0.717, 1.165) is 18.2 Å². The van der Waals surface area contributed by atoms with Gasteiger partial charge in [-0.05, 0) is 24.6 Å². The van der Waals surface area contributed by atoms with Crippen molar-refractivity contribution in [1.82, 2.24) is 5.32 Å². The largest absolute Gasteiger partial charge is 0.344 e. The number of nitrogens with two attached hydrogens (primary N) is 1. The van der Waals surface area contributed by atoms with E-state index in [-0.39, 0.29) is 18.0 Å². The molecule has 7 nitrogen and oxygen atoms in total. The fourth-order valence-electron chi connectivity index (χ4n) is 1.84. The number of amides is 2. The molecule has 108 valence electrons. The van der Waals surface area contributed by atoms with Gasteiger partial charge in [-0.1, -0.05) is 0 Å². The summed E-state index contributed by atoms with van der Waals surface area (Å²) in [6.45, 7) is 0. The maximum absolute atomic E-state index is 13.3. The van der Waals surface area contributed by atoms with Gasteiger partial charge in [-0.25, -0.2) is 17.9 Å². The van der Waals surface area contributed by atoms with Crippen molar-refractivity contribution in [2.24, 2.45) is 5.14 Å². The number of hydrogen-bond acceptors (Lipinski definition) is 4. The Hall–Kier alpha value is -2.00. The van der Waals surface area contributed by atoms with Crippen LogP contribution in [0.2, 0.25) is 0 Å². The Labute approximate surface area is 114 Å². The summed E-state index contributed by atoms with van der Waals surface area (Å²) in [5.74, 6) is -1.63. The molecule has 0 spiro atoms. The Bertz CT molecular complexity index is 674. The van der Waals surface area contributed by atoms with Gasteiger partial charge >= 0.3 is 0 Å². The molecule has 1 aromatic carbocycles. The van der Waals surface area contributed by atoms with Gasteiger partial charge in [0.25, 0.3) is 0 Å². The minimum absolute atomic E-state index is 0.0415. The number of carbonyl (C=O) groups excluding carboxylic acids is 2. The van der Waals surface area contributed by atoms with Crippen molar-refractivity contribution in [3.8, 4) is 0 Å². The second-order valence-electron chi connectivity index (χ2n) is 4.37. The van der Waals surface area contributed by atoms with E-state index in [2.05, 4.69) is 10.6 Å². The first kappa shape index (κ1) is 14.4. The van der Waals surface area contributed by atoms with Crippen molar-refractivity contribution in [2.45, 2.75) is 23.8 Å². The van der Waals surface area contributed by atoms with Crippen molar-refractivity contribution < 1.29 is 22.4 Å². The van der Waals surface area contributed by atoms with Crippen LogP contribution in [0.4, 0.5) is 10.1 Å². The van der Waals surface area contributed by atoms with Crippen LogP contribution in [0.25, 0.3) is 0 Å². The summed E-state index contributed by atoms with van der Waals surface area (Å²) in [6, 6.07) is 2.06. The summed E-state index contributed by atoms with van der Waals surface area (Å²) >= 11 is 0. The Balaban J connectivity index is 2.19. The molecule has 0 saturated carbocycles. The number of benzene rings is 1. The number of hydrogen-bond donors (Lipinski definition) is 3. The Morgan fingerprint density at radius 1 is 1.40 bits per heavy atom. The molecule has 2 rings (SSSR count). The van der Waals surface area contributed by atoms with Gasteiger partial charge in [0, 0.05) is 12.1 Å². The fourth-order valence-corrected chi connectivity index (χ4v) is 2.41. The average Bonchev–Trinajstić information content (AvgIpc) is 2.74. The fraction of sp³-hybridized carbons (Fsp3) is 0.273. The number of rotatable bonds is 3. The Morgan fingerprint density at radius 2 is 2.10 bits per heavy atom. The number of primary sulfonamides is 1. The zero-order chi connectivity index (χ0) is 14.9. The highest BCUT2D eigenvalue weighted by Crippen LogP contribution is 2.18. The quantitative estimate of drug-likeness (QED) is 0.709. The van der Waals surface area contributed by atoms with E-state index in [9.17, 15) is 22.4 Å². The van der Waals surface area contributed by atoms with E-state index >= 15 is 0 Å². The normalized spacial score (nSPS) is 18.7. The minimum atomic E-state index is -4.07. The summed E-state index contributed by atoms with van der Waals surface area (Å²) in [4.78, 5) is 22.4. The van der Waals surface area contributed by atoms with E-state index in [1.54, 1.807) is 0 Å². The smallest absolute Gasteiger partial charge is 0.246 e. The molecule has 0 radical (unpaired) electrons. The second kappa shape index (κ2) is 5.17. The van der Waals surface area contributed by atoms with Crippen LogP contribution in [-0.4, -0.2) is 26.3 Å². The molecular formula is C11H12FN3O4S. The molecule has 1 fully saturated rings. The highest BCUT2D eigenvalue weighted by atomic mass is 32.2. The molecular weight excluding hydrogens is 289 g/mol. The van der Waals surface area contributed by atoms with Gasteiger partial charge in [-0.3, -0.25) is 9.59 Å². The molecule has 1 saturated heterocycles. The SMILES string of the molecule is NS(=O)(=O)c1cc(F)cc(NC(=O)C2CCC(=O)N2)c1. The summed E-state index contributed by atoms with van der Waals surface area (Å²) in [5, 5.41) is 9.69. The monoisotopic (exact) mass is 301 g/mol. The van der Waals surface area contributed by atoms with Gasteiger partial charge in [0.2, 0.25) is 21.8 Å². The summed E-state index contributed by atoms with van der Waals surface area (Å²) in [7, 11) is -4.07. The average molecular weight is 301 g/mol. The molecule has 1 atom stereocenters. The predicted octanol–water partition coefficient (Wildman–Crippen LogP) is -0.310. The third-order valence-corrected chi connectivity index (χ3v) is 3.67. The number of carbonyl (C=O) groups is 2. The van der Waals surface area contributed by atoms with Crippen LogP contribution in [-0.2, 0) is 19.6 Å². The first-order valence-corrected chi connectivity index (χ1v) is 7.24. The van der Waals surface area contributed by atoms with Crippen molar-refractivity contribution in [3.05, 3.63) is 24.0 Å². The third kappa shape index (κ3) is 3.31. The lowest BCUT2D eigenvalue weighted by Gasteiger charge is -2.11. The maximum Gasteiger partial charge on any atom is 0.246 e. The molecule has 0 bridgehead atoms. The molecule has 1 unspecified atom stereocenters. The van der Waals surface area contributed by atoms with E-state index in [4.69, 9.17) is 5.14 Å². The molecule has 0 aliphatic carbocycles. The highest BCUT2D eigenvalue weighted by molar-refractivity contribution is 7.89. The van der Waals surface area contributed by atoms with Crippen LogP contribution in [0, 0.1) is 5.82 Å². The van der Waals surface area contributed by atoms with Crippen LogP contribution in [0.5, 0.6) is 0 Å². The second-order valence-corrected chi connectivity index (χ2v) is 5.93. The zero-order valence-electron chi connectivity index (χ0n) is 10.2. The molecule has 20 heavy (non-hydrogen) atoms. The van der Waals surface area contributed by atoms with E-state index in [1.165, 1.54) is 0 Å². The van der Waals surface area contributed by atoms with Crippen LogP contribution in [0.15, 0.2) is 23.1 Å². The van der Waals surface area contributed by atoms with E-state index < -0.39 is 32.7 Å². The van der Waals surface area contributed by atoms with Crippen LogP contribution >= 0.6 is 0 Å². The molecule has 2 amide bonds. The lowest BCUT2D eigenvalue weighted by atomic mass is 10.2. The molecule has 9 heteroatoms. The van der Waals surface area contributed by atoms with Crippen LogP contribution < -0.4 is 15.8 Å². The highest BCUT2D eigenvalue weighted by Gasteiger charge is 2.27. The van der Waals surface area contributed by atoms with Crippen LogP contribution in [0.3, 0.4) is 0 Å². The van der Waals surface area contributed by atoms with Crippen molar-refractivity contribution in [3.63, 3.8) is 0 Å². The van der Waals surface area contributed by atoms with E-state index in [0.29, 0.717) is 6.42 Å². The molecule has 4 N–H and O–H groups in total. The zero-order valence-corrected chi connectivity index (χ0v) is 11.0. The number of nitrogens with one attached hydrogen (secondary N) is 2.